The van der Waals surface area contributed by atoms with E-state index in [1.54, 1.807) is 28.4 Å². The zero-order valence-corrected chi connectivity index (χ0v) is 18.7. The Bertz CT molecular complexity index is 1120. The van der Waals surface area contributed by atoms with Gasteiger partial charge in [-0.2, -0.15) is 0 Å². The number of fused-ring (bicyclic) bond motifs is 3. The first-order chi connectivity index (χ1) is 15.2. The van der Waals surface area contributed by atoms with Crippen molar-refractivity contribution < 1.29 is 9.53 Å². The van der Waals surface area contributed by atoms with Crippen molar-refractivity contribution in [2.45, 2.75) is 65.0 Å². The molecule has 7 nitrogen and oxygen atoms in total. The molecule has 0 saturated heterocycles. The number of hydrogen-bond acceptors (Lipinski definition) is 6. The first-order valence-corrected chi connectivity index (χ1v) is 11.8. The molecule has 0 aromatic carbocycles. The van der Waals surface area contributed by atoms with Crippen molar-refractivity contribution in [3.63, 3.8) is 0 Å². The fraction of sp³-hybridized carbons (Fsp3) is 0.478. The van der Waals surface area contributed by atoms with Gasteiger partial charge in [-0.05, 0) is 43.7 Å². The predicted molar refractivity (Wildman–Crippen MR) is 122 cm³/mol. The summed E-state index contributed by atoms with van der Waals surface area (Å²) in [5, 5.41) is 3.67. The Morgan fingerprint density at radius 2 is 2.16 bits per heavy atom. The van der Waals surface area contributed by atoms with Gasteiger partial charge >= 0.3 is 0 Å². The molecule has 8 heteroatoms. The number of amides is 1. The molecule has 0 saturated carbocycles. The number of hydrogen-bond donors (Lipinski definition) is 1. The number of aryl methyl sites for hydroxylation is 3. The van der Waals surface area contributed by atoms with E-state index in [0.717, 1.165) is 47.9 Å². The number of unbranched alkanes of at least 4 members (excludes halogenated alkanes) is 1. The van der Waals surface area contributed by atoms with Gasteiger partial charge in [0.15, 0.2) is 0 Å². The molecule has 0 atom stereocenters. The predicted octanol–water partition coefficient (Wildman–Crippen LogP) is 3.62. The quantitative estimate of drug-likeness (QED) is 0.514. The van der Waals surface area contributed by atoms with Crippen molar-refractivity contribution in [2.24, 2.45) is 0 Å². The fourth-order valence-corrected chi connectivity index (χ4v) is 5.07. The lowest BCUT2D eigenvalue weighted by Gasteiger charge is -2.11. The van der Waals surface area contributed by atoms with Gasteiger partial charge in [0.05, 0.1) is 18.3 Å². The second kappa shape index (κ2) is 10.0. The maximum absolute atomic E-state index is 13.0. The van der Waals surface area contributed by atoms with E-state index in [1.165, 1.54) is 16.9 Å². The molecule has 31 heavy (non-hydrogen) atoms. The van der Waals surface area contributed by atoms with Crippen molar-refractivity contribution in [3.05, 3.63) is 51.0 Å². The van der Waals surface area contributed by atoms with Crippen LogP contribution >= 0.6 is 11.3 Å². The van der Waals surface area contributed by atoms with Crippen molar-refractivity contribution in [2.75, 3.05) is 6.61 Å². The second-order valence-electron chi connectivity index (χ2n) is 7.83. The van der Waals surface area contributed by atoms with E-state index < -0.39 is 0 Å². The molecule has 1 N–H and O–H groups in total. The van der Waals surface area contributed by atoms with Gasteiger partial charge in [0.1, 0.15) is 4.83 Å². The summed E-state index contributed by atoms with van der Waals surface area (Å²) in [5.74, 6) is 0.437. The molecule has 3 aromatic heterocycles. The zero-order valence-electron chi connectivity index (χ0n) is 17.9. The van der Waals surface area contributed by atoms with E-state index in [0.29, 0.717) is 25.6 Å². The first-order valence-electron chi connectivity index (χ1n) is 11.0. The van der Waals surface area contributed by atoms with Crippen LogP contribution in [0.1, 0.15) is 55.0 Å². The molecule has 0 radical (unpaired) electrons. The number of nitrogens with one attached hydrogen (secondary N) is 1. The maximum atomic E-state index is 13.0. The monoisotopic (exact) mass is 440 g/mol. The fourth-order valence-electron chi connectivity index (χ4n) is 3.85. The van der Waals surface area contributed by atoms with Crippen molar-refractivity contribution in [1.82, 2.24) is 19.9 Å². The minimum atomic E-state index is -0.122. The van der Waals surface area contributed by atoms with Crippen molar-refractivity contribution in [1.29, 1.82) is 0 Å². The molecule has 1 amide bonds. The van der Waals surface area contributed by atoms with Gasteiger partial charge in [-0.25, -0.2) is 9.97 Å². The third kappa shape index (κ3) is 4.95. The molecule has 1 aliphatic carbocycles. The van der Waals surface area contributed by atoms with Gasteiger partial charge in [0.25, 0.3) is 5.56 Å². The Labute approximate surface area is 185 Å². The number of carbonyl (C=O) groups excluding carboxylic acids is 1. The summed E-state index contributed by atoms with van der Waals surface area (Å²) in [7, 11) is 0. The lowest BCUT2D eigenvalue weighted by Crippen LogP contribution is -2.27. The van der Waals surface area contributed by atoms with E-state index in [-0.39, 0.29) is 17.9 Å². The van der Waals surface area contributed by atoms with Crippen molar-refractivity contribution in [3.8, 4) is 5.88 Å². The van der Waals surface area contributed by atoms with Gasteiger partial charge in [-0.1, -0.05) is 19.4 Å². The number of nitrogens with zero attached hydrogens (tertiary/aromatic N) is 3. The van der Waals surface area contributed by atoms with Crippen LogP contribution in [0.15, 0.2) is 29.5 Å². The van der Waals surface area contributed by atoms with Gasteiger partial charge in [-0.3, -0.25) is 14.2 Å². The van der Waals surface area contributed by atoms with Crippen LogP contribution in [-0.2, 0) is 30.7 Å². The lowest BCUT2D eigenvalue weighted by molar-refractivity contribution is -0.121. The second-order valence-corrected chi connectivity index (χ2v) is 8.91. The minimum Gasteiger partial charge on any atom is -0.477 e. The third-order valence-electron chi connectivity index (χ3n) is 5.58. The number of aromatic nitrogens is 3. The van der Waals surface area contributed by atoms with E-state index >= 15 is 0 Å². The molecule has 3 aromatic rings. The average molecular weight is 441 g/mol. The molecule has 0 spiro atoms. The van der Waals surface area contributed by atoms with E-state index in [1.807, 2.05) is 12.1 Å². The lowest BCUT2D eigenvalue weighted by atomic mass is 9.97. The molecule has 0 fully saturated rings. The Morgan fingerprint density at radius 1 is 1.29 bits per heavy atom. The normalized spacial score (nSPS) is 13.2. The highest BCUT2D eigenvalue weighted by Gasteiger charge is 2.20. The first kappa shape index (κ1) is 21.5. The average Bonchev–Trinajstić information content (AvgIpc) is 3.17. The number of ether oxygens (including phenoxy) is 1. The number of carbonyl (C=O) groups is 1. The molecule has 1 aliphatic rings. The molecule has 0 aliphatic heterocycles. The summed E-state index contributed by atoms with van der Waals surface area (Å²) in [6.07, 6.45) is 9.76. The van der Waals surface area contributed by atoms with E-state index in [4.69, 9.17) is 4.74 Å². The Morgan fingerprint density at radius 3 is 3.03 bits per heavy atom. The zero-order chi connectivity index (χ0) is 21.6. The van der Waals surface area contributed by atoms with E-state index in [2.05, 4.69) is 22.2 Å². The molecule has 3 heterocycles. The highest BCUT2D eigenvalue weighted by molar-refractivity contribution is 7.18. The Balaban J connectivity index is 1.37. The topological polar surface area (TPSA) is 86.1 Å². The summed E-state index contributed by atoms with van der Waals surface area (Å²) in [6.45, 7) is 3.37. The molecular weight excluding hydrogens is 412 g/mol. The Hall–Kier alpha value is -2.74. The van der Waals surface area contributed by atoms with Gasteiger partial charge in [0, 0.05) is 36.1 Å². The van der Waals surface area contributed by atoms with Crippen LogP contribution in [0.4, 0.5) is 0 Å². The van der Waals surface area contributed by atoms with Gasteiger partial charge in [-0.15, -0.1) is 11.3 Å². The molecular formula is C23H28N4O3S. The largest absolute Gasteiger partial charge is 0.477 e. The number of pyridine rings is 1. The SMILES string of the molecule is CCCCOc1ncccc1CNC(=O)CCn1cnc2sc3c(c2c1=O)CCCC3. The molecule has 0 bridgehead atoms. The van der Waals surface area contributed by atoms with Crippen LogP contribution in [0.5, 0.6) is 5.88 Å². The van der Waals surface area contributed by atoms with Crippen molar-refractivity contribution >= 4 is 27.5 Å². The summed E-state index contributed by atoms with van der Waals surface area (Å²) in [6, 6.07) is 3.73. The van der Waals surface area contributed by atoms with Crippen LogP contribution in [-0.4, -0.2) is 27.0 Å². The molecule has 0 unspecified atom stereocenters. The number of thiophene rings is 1. The van der Waals surface area contributed by atoms with Gasteiger partial charge < -0.3 is 10.1 Å². The Kier molecular flexibility index (Phi) is 6.96. The van der Waals surface area contributed by atoms with Crippen LogP contribution in [0.25, 0.3) is 10.2 Å². The highest BCUT2D eigenvalue weighted by Crippen LogP contribution is 2.33. The summed E-state index contributed by atoms with van der Waals surface area (Å²) in [5.41, 5.74) is 1.99. The summed E-state index contributed by atoms with van der Waals surface area (Å²) in [4.78, 5) is 36.3. The van der Waals surface area contributed by atoms with Crippen LogP contribution in [0, 0.1) is 0 Å². The minimum absolute atomic E-state index is 0.0314. The van der Waals surface area contributed by atoms with Crippen LogP contribution in [0.3, 0.4) is 0 Å². The van der Waals surface area contributed by atoms with Crippen LogP contribution in [0.2, 0.25) is 0 Å². The van der Waals surface area contributed by atoms with Crippen LogP contribution < -0.4 is 15.6 Å². The molecule has 164 valence electrons. The summed E-state index contributed by atoms with van der Waals surface area (Å²) >= 11 is 1.64. The third-order valence-corrected chi connectivity index (χ3v) is 6.78. The maximum Gasteiger partial charge on any atom is 0.262 e. The van der Waals surface area contributed by atoms with E-state index in [9.17, 15) is 9.59 Å². The molecule has 4 rings (SSSR count). The standard InChI is InChI=1S/C23H28N4O3S/c1-2-3-13-30-21-16(7-6-11-24-21)14-25-19(28)10-12-27-15-26-22-20(23(27)29)17-8-4-5-9-18(17)31-22/h6-7,11,15H,2-5,8-10,12-14H2,1H3,(H,25,28). The smallest absolute Gasteiger partial charge is 0.262 e. The number of rotatable bonds is 9. The van der Waals surface area contributed by atoms with Gasteiger partial charge in [0.2, 0.25) is 11.8 Å². The summed E-state index contributed by atoms with van der Waals surface area (Å²) < 4.78 is 7.28. The highest BCUT2D eigenvalue weighted by atomic mass is 32.1.